The van der Waals surface area contributed by atoms with E-state index in [1.807, 2.05) is 24.3 Å². The first kappa shape index (κ1) is 18.2. The molecule has 1 aliphatic rings. The summed E-state index contributed by atoms with van der Waals surface area (Å²) in [6.45, 7) is 0.631. The molecular formula is C20H26N4O2. The van der Waals surface area contributed by atoms with Crippen LogP contribution in [0.15, 0.2) is 36.7 Å². The van der Waals surface area contributed by atoms with Gasteiger partial charge in [-0.05, 0) is 30.5 Å². The molecule has 26 heavy (non-hydrogen) atoms. The first-order valence-electron chi connectivity index (χ1n) is 9.24. The maximum atomic E-state index is 12.3. The molecule has 1 aromatic carbocycles. The minimum absolute atomic E-state index is 0.133. The van der Waals surface area contributed by atoms with Gasteiger partial charge in [0.15, 0.2) is 0 Å². The second kappa shape index (κ2) is 9.17. The average Bonchev–Trinajstić information content (AvgIpc) is 2.96. The largest absolute Gasteiger partial charge is 0.497 e. The summed E-state index contributed by atoms with van der Waals surface area (Å²) in [6, 6.07) is 8.09. The molecule has 6 nitrogen and oxygen atoms in total. The maximum Gasteiger partial charge on any atom is 0.271 e. The first-order valence-corrected chi connectivity index (χ1v) is 9.24. The lowest BCUT2D eigenvalue weighted by Gasteiger charge is -2.15. The molecule has 1 heterocycles. The molecule has 1 saturated carbocycles. The quantitative estimate of drug-likeness (QED) is 0.776. The van der Waals surface area contributed by atoms with Gasteiger partial charge < -0.3 is 15.4 Å². The van der Waals surface area contributed by atoms with Gasteiger partial charge in [-0.3, -0.25) is 4.79 Å². The van der Waals surface area contributed by atoms with E-state index in [-0.39, 0.29) is 11.9 Å². The zero-order valence-electron chi connectivity index (χ0n) is 15.2. The number of carbonyl (C=O) groups is 1. The van der Waals surface area contributed by atoms with Crippen molar-refractivity contribution < 1.29 is 9.53 Å². The van der Waals surface area contributed by atoms with Gasteiger partial charge in [0.05, 0.1) is 19.5 Å². The second-order valence-corrected chi connectivity index (χ2v) is 6.65. The van der Waals surface area contributed by atoms with E-state index < -0.39 is 0 Å². The summed E-state index contributed by atoms with van der Waals surface area (Å²) >= 11 is 0. The van der Waals surface area contributed by atoms with Crippen LogP contribution in [0.25, 0.3) is 0 Å². The summed E-state index contributed by atoms with van der Waals surface area (Å²) in [5.74, 6) is 1.34. The second-order valence-electron chi connectivity index (χ2n) is 6.65. The number of nitrogens with one attached hydrogen (secondary N) is 2. The van der Waals surface area contributed by atoms with E-state index in [0.717, 1.165) is 24.2 Å². The highest BCUT2D eigenvalue weighted by molar-refractivity contribution is 5.92. The molecule has 138 valence electrons. The molecule has 0 radical (unpaired) electrons. The topological polar surface area (TPSA) is 76.1 Å². The Bertz CT molecular complexity index is 693. The average molecular weight is 354 g/mol. The van der Waals surface area contributed by atoms with Gasteiger partial charge in [-0.2, -0.15) is 0 Å². The van der Waals surface area contributed by atoms with E-state index in [2.05, 4.69) is 20.6 Å². The minimum Gasteiger partial charge on any atom is -0.497 e. The highest BCUT2D eigenvalue weighted by atomic mass is 16.5. The van der Waals surface area contributed by atoms with Crippen molar-refractivity contribution in [2.75, 3.05) is 12.4 Å². The first-order chi connectivity index (χ1) is 12.7. The number of methoxy groups -OCH3 is 1. The van der Waals surface area contributed by atoms with Crippen molar-refractivity contribution in [3.63, 3.8) is 0 Å². The van der Waals surface area contributed by atoms with E-state index in [0.29, 0.717) is 18.1 Å². The number of carbonyl (C=O) groups excluding carboxylic acids is 1. The standard InChI is InChI=1S/C20H26N4O2/c1-26-17-10-8-15(9-11-17)12-22-19-14-21-18(13-23-19)20(25)24-16-6-4-2-3-5-7-16/h8-11,13-14,16H,2-7,12H2,1H3,(H,22,23)(H,24,25). The van der Waals surface area contributed by atoms with Crippen LogP contribution in [-0.4, -0.2) is 29.0 Å². The summed E-state index contributed by atoms with van der Waals surface area (Å²) in [5, 5.41) is 6.30. The Hall–Kier alpha value is -2.63. The third-order valence-electron chi connectivity index (χ3n) is 4.71. The molecule has 0 saturated heterocycles. The van der Waals surface area contributed by atoms with Crippen LogP contribution in [0.1, 0.15) is 54.6 Å². The van der Waals surface area contributed by atoms with Crippen LogP contribution in [0.5, 0.6) is 5.75 Å². The van der Waals surface area contributed by atoms with Gasteiger partial charge in [-0.15, -0.1) is 0 Å². The van der Waals surface area contributed by atoms with Crippen LogP contribution in [0, 0.1) is 0 Å². The lowest BCUT2D eigenvalue weighted by atomic mass is 10.1. The van der Waals surface area contributed by atoms with Crippen molar-refractivity contribution in [3.8, 4) is 5.75 Å². The van der Waals surface area contributed by atoms with E-state index in [1.165, 1.54) is 31.9 Å². The summed E-state index contributed by atoms with van der Waals surface area (Å²) in [4.78, 5) is 20.9. The number of amides is 1. The Morgan fingerprint density at radius 2 is 1.81 bits per heavy atom. The Morgan fingerprint density at radius 3 is 2.42 bits per heavy atom. The molecule has 0 aliphatic heterocycles. The van der Waals surface area contributed by atoms with E-state index in [4.69, 9.17) is 4.74 Å². The predicted octanol–water partition coefficient (Wildman–Crippen LogP) is 3.55. The maximum absolute atomic E-state index is 12.3. The van der Waals surface area contributed by atoms with E-state index >= 15 is 0 Å². The fraction of sp³-hybridized carbons (Fsp3) is 0.450. The number of benzene rings is 1. The highest BCUT2D eigenvalue weighted by Gasteiger charge is 2.16. The number of aromatic nitrogens is 2. The fourth-order valence-electron chi connectivity index (χ4n) is 3.16. The van der Waals surface area contributed by atoms with Gasteiger partial charge in [-0.1, -0.05) is 37.8 Å². The van der Waals surface area contributed by atoms with Crippen LogP contribution in [-0.2, 0) is 6.54 Å². The fourth-order valence-corrected chi connectivity index (χ4v) is 3.16. The van der Waals surface area contributed by atoms with E-state index in [1.54, 1.807) is 13.3 Å². The molecule has 2 N–H and O–H groups in total. The van der Waals surface area contributed by atoms with Gasteiger partial charge in [0.25, 0.3) is 5.91 Å². The molecule has 2 aromatic rings. The Labute approximate surface area is 154 Å². The van der Waals surface area contributed by atoms with Crippen molar-refractivity contribution in [2.45, 2.75) is 51.1 Å². The lowest BCUT2D eigenvalue weighted by Crippen LogP contribution is -2.34. The number of rotatable bonds is 6. The summed E-state index contributed by atoms with van der Waals surface area (Å²) in [6.07, 6.45) is 10.1. The van der Waals surface area contributed by atoms with Crippen LogP contribution in [0.3, 0.4) is 0 Å². The van der Waals surface area contributed by atoms with Crippen molar-refractivity contribution in [1.82, 2.24) is 15.3 Å². The summed E-state index contributed by atoms with van der Waals surface area (Å²) in [5.41, 5.74) is 1.48. The van der Waals surface area contributed by atoms with Crippen molar-refractivity contribution >= 4 is 11.7 Å². The Kier molecular flexibility index (Phi) is 6.41. The number of anilines is 1. The molecule has 0 atom stereocenters. The van der Waals surface area contributed by atoms with Gasteiger partial charge >= 0.3 is 0 Å². The molecule has 1 aromatic heterocycles. The number of ether oxygens (including phenoxy) is 1. The lowest BCUT2D eigenvalue weighted by molar-refractivity contribution is 0.0928. The molecule has 0 spiro atoms. The third kappa shape index (κ3) is 5.18. The van der Waals surface area contributed by atoms with Crippen molar-refractivity contribution in [1.29, 1.82) is 0 Å². The van der Waals surface area contributed by atoms with Crippen LogP contribution in [0.2, 0.25) is 0 Å². The molecule has 1 fully saturated rings. The van der Waals surface area contributed by atoms with Crippen LogP contribution >= 0.6 is 0 Å². The minimum atomic E-state index is -0.133. The predicted molar refractivity (Wildman–Crippen MR) is 101 cm³/mol. The zero-order chi connectivity index (χ0) is 18.2. The van der Waals surface area contributed by atoms with Gasteiger partial charge in [-0.25, -0.2) is 9.97 Å². The molecule has 1 amide bonds. The molecule has 0 unspecified atom stereocenters. The van der Waals surface area contributed by atoms with Gasteiger partial charge in [0.2, 0.25) is 0 Å². The molecule has 1 aliphatic carbocycles. The van der Waals surface area contributed by atoms with Gasteiger partial charge in [0.1, 0.15) is 17.3 Å². The van der Waals surface area contributed by atoms with Gasteiger partial charge in [0, 0.05) is 12.6 Å². The SMILES string of the molecule is COc1ccc(CNc2cnc(C(=O)NC3CCCCCC3)cn2)cc1. The highest BCUT2D eigenvalue weighted by Crippen LogP contribution is 2.17. The molecular weight excluding hydrogens is 328 g/mol. The smallest absolute Gasteiger partial charge is 0.271 e. The van der Waals surface area contributed by atoms with Crippen molar-refractivity contribution in [3.05, 3.63) is 47.9 Å². The number of nitrogens with zero attached hydrogens (tertiary/aromatic N) is 2. The Morgan fingerprint density at radius 1 is 1.08 bits per heavy atom. The van der Waals surface area contributed by atoms with Crippen LogP contribution in [0.4, 0.5) is 5.82 Å². The zero-order valence-corrected chi connectivity index (χ0v) is 15.2. The third-order valence-corrected chi connectivity index (χ3v) is 4.71. The monoisotopic (exact) mass is 354 g/mol. The molecule has 3 rings (SSSR count). The Balaban J connectivity index is 1.51. The molecule has 6 heteroatoms. The normalized spacial score (nSPS) is 15.1. The summed E-state index contributed by atoms with van der Waals surface area (Å²) < 4.78 is 5.15. The van der Waals surface area contributed by atoms with Crippen molar-refractivity contribution in [2.24, 2.45) is 0 Å². The molecule has 0 bridgehead atoms. The number of hydrogen-bond acceptors (Lipinski definition) is 5. The van der Waals surface area contributed by atoms with E-state index in [9.17, 15) is 4.79 Å². The van der Waals surface area contributed by atoms with Crippen LogP contribution < -0.4 is 15.4 Å². The number of hydrogen-bond donors (Lipinski definition) is 2. The summed E-state index contributed by atoms with van der Waals surface area (Å²) in [7, 11) is 1.65.